The number of hydrogen-bond acceptors (Lipinski definition) is 1. The molecule has 0 amide bonds. The van der Waals surface area contributed by atoms with E-state index in [9.17, 15) is 0 Å². The third kappa shape index (κ3) is 6.04. The highest BCUT2D eigenvalue weighted by molar-refractivity contribution is 6.18. The van der Waals surface area contributed by atoms with Gasteiger partial charge in [0.1, 0.15) is 0 Å². The molecule has 0 aliphatic carbocycles. The molecule has 12 rings (SSSR count). The molecule has 0 aliphatic heterocycles. The summed E-state index contributed by atoms with van der Waals surface area (Å²) in [5.41, 5.74) is 14.0. The Balaban J connectivity index is 0.994. The summed E-state index contributed by atoms with van der Waals surface area (Å²) in [6, 6.07) is 88.5. The molecule has 290 valence electrons. The Labute approximate surface area is 360 Å². The quantitative estimate of drug-likeness (QED) is 0.146. The minimum atomic E-state index is 1.09. The van der Waals surface area contributed by atoms with Crippen molar-refractivity contribution >= 4 is 71.2 Å². The van der Waals surface area contributed by atoms with E-state index in [2.05, 4.69) is 252 Å². The van der Waals surface area contributed by atoms with Crippen molar-refractivity contribution in [1.82, 2.24) is 4.57 Å². The van der Waals surface area contributed by atoms with Crippen molar-refractivity contribution in [1.29, 1.82) is 0 Å². The van der Waals surface area contributed by atoms with Gasteiger partial charge in [0.25, 0.3) is 0 Å². The van der Waals surface area contributed by atoms with E-state index in [0.717, 1.165) is 33.9 Å². The second kappa shape index (κ2) is 14.8. The Kier molecular flexibility index (Phi) is 8.53. The molecule has 2 heteroatoms. The van der Waals surface area contributed by atoms with Crippen molar-refractivity contribution in [2.45, 2.75) is 0 Å². The van der Waals surface area contributed by atoms with Crippen LogP contribution in [0.2, 0.25) is 0 Å². The van der Waals surface area contributed by atoms with Crippen LogP contribution < -0.4 is 4.90 Å². The van der Waals surface area contributed by atoms with Gasteiger partial charge in [-0.15, -0.1) is 0 Å². The van der Waals surface area contributed by atoms with E-state index in [1.54, 1.807) is 0 Å². The zero-order chi connectivity index (χ0) is 41.0. The maximum Gasteiger partial charge on any atom is 0.0619 e. The minimum absolute atomic E-state index is 1.09. The van der Waals surface area contributed by atoms with Crippen LogP contribution in [0.5, 0.6) is 0 Å². The standard InChI is InChI=1S/C60H40N2/c1-2-15-41(16-3-1)44-19-12-22-49(37-44)61(48-34-31-43(32-35-48)58-40-47-18-5-6-25-52(47)54-27-8-9-28-55(54)58)50-23-13-20-45(38-50)46-21-14-24-51(39-46)62-59-30-11-10-29-56(59)57-36-33-42-17-4-7-26-53(42)60(57)62/h1-40H. The van der Waals surface area contributed by atoms with Gasteiger partial charge in [-0.1, -0.05) is 182 Å². The van der Waals surface area contributed by atoms with Crippen molar-refractivity contribution in [2.75, 3.05) is 4.90 Å². The van der Waals surface area contributed by atoms with Gasteiger partial charge < -0.3 is 9.47 Å². The van der Waals surface area contributed by atoms with Crippen LogP contribution in [0.1, 0.15) is 0 Å². The number of rotatable bonds is 7. The van der Waals surface area contributed by atoms with Gasteiger partial charge in [0.2, 0.25) is 0 Å². The number of para-hydroxylation sites is 1. The highest BCUT2D eigenvalue weighted by Crippen LogP contribution is 2.42. The normalized spacial score (nSPS) is 11.5. The van der Waals surface area contributed by atoms with E-state index < -0.39 is 0 Å². The lowest BCUT2D eigenvalue weighted by molar-refractivity contribution is 1.19. The molecular weight excluding hydrogens is 749 g/mol. The second-order valence-electron chi connectivity index (χ2n) is 16.1. The smallest absolute Gasteiger partial charge is 0.0619 e. The molecule has 0 unspecified atom stereocenters. The van der Waals surface area contributed by atoms with Gasteiger partial charge in [0, 0.05) is 38.9 Å². The summed E-state index contributed by atoms with van der Waals surface area (Å²) < 4.78 is 2.45. The summed E-state index contributed by atoms with van der Waals surface area (Å²) >= 11 is 0. The van der Waals surface area contributed by atoms with Crippen molar-refractivity contribution in [2.24, 2.45) is 0 Å². The van der Waals surface area contributed by atoms with Gasteiger partial charge in [0.05, 0.1) is 11.0 Å². The number of hydrogen-bond donors (Lipinski definition) is 0. The Morgan fingerprint density at radius 1 is 0.274 bits per heavy atom. The van der Waals surface area contributed by atoms with E-state index in [4.69, 9.17) is 0 Å². The first-order chi connectivity index (χ1) is 30.7. The van der Waals surface area contributed by atoms with Crippen LogP contribution >= 0.6 is 0 Å². The van der Waals surface area contributed by atoms with Crippen LogP contribution in [0.25, 0.3) is 93.2 Å². The van der Waals surface area contributed by atoms with Gasteiger partial charge in [-0.2, -0.15) is 0 Å². The van der Waals surface area contributed by atoms with Crippen LogP contribution in [0.15, 0.2) is 243 Å². The molecule has 2 nitrogen and oxygen atoms in total. The topological polar surface area (TPSA) is 8.17 Å². The highest BCUT2D eigenvalue weighted by atomic mass is 15.1. The van der Waals surface area contributed by atoms with Crippen molar-refractivity contribution in [3.05, 3.63) is 243 Å². The molecule has 11 aromatic carbocycles. The highest BCUT2D eigenvalue weighted by Gasteiger charge is 2.18. The third-order valence-corrected chi connectivity index (χ3v) is 12.5. The number of aromatic nitrogens is 1. The fourth-order valence-corrected chi connectivity index (χ4v) is 9.63. The zero-order valence-corrected chi connectivity index (χ0v) is 34.0. The van der Waals surface area contributed by atoms with Gasteiger partial charge in [0.15, 0.2) is 0 Å². The van der Waals surface area contributed by atoms with Crippen molar-refractivity contribution in [3.8, 4) is 39.1 Å². The van der Waals surface area contributed by atoms with Gasteiger partial charge in [-0.25, -0.2) is 0 Å². The number of fused-ring (bicyclic) bond motifs is 8. The Morgan fingerprint density at radius 2 is 0.839 bits per heavy atom. The molecule has 62 heavy (non-hydrogen) atoms. The molecule has 0 N–H and O–H groups in total. The molecule has 0 radical (unpaired) electrons. The van der Waals surface area contributed by atoms with E-state index in [1.807, 2.05) is 0 Å². The summed E-state index contributed by atoms with van der Waals surface area (Å²) in [5, 5.41) is 10.1. The van der Waals surface area contributed by atoms with Crippen LogP contribution in [-0.2, 0) is 0 Å². The molecular formula is C60H40N2. The van der Waals surface area contributed by atoms with Gasteiger partial charge in [-0.05, 0) is 121 Å². The predicted molar refractivity (Wildman–Crippen MR) is 264 cm³/mol. The van der Waals surface area contributed by atoms with Crippen molar-refractivity contribution < 1.29 is 0 Å². The van der Waals surface area contributed by atoms with Crippen LogP contribution in [0.4, 0.5) is 17.1 Å². The van der Waals surface area contributed by atoms with E-state index in [0.29, 0.717) is 0 Å². The SMILES string of the molecule is c1ccc(-c2cccc(N(c3ccc(-c4cc5ccccc5c5ccccc45)cc3)c3cccc(-c4cccc(-n5c6ccccc6c6ccc7ccccc7c65)c4)c3)c2)cc1. The van der Waals surface area contributed by atoms with Crippen LogP contribution in [0.3, 0.4) is 0 Å². The molecule has 0 atom stereocenters. The summed E-state index contributed by atoms with van der Waals surface area (Å²) in [4.78, 5) is 2.39. The number of nitrogens with zero attached hydrogens (tertiary/aromatic N) is 2. The molecule has 0 bridgehead atoms. The maximum atomic E-state index is 2.45. The first-order valence-corrected chi connectivity index (χ1v) is 21.3. The van der Waals surface area contributed by atoms with E-state index in [1.165, 1.54) is 76.4 Å². The molecule has 0 saturated carbocycles. The van der Waals surface area contributed by atoms with Crippen molar-refractivity contribution in [3.63, 3.8) is 0 Å². The van der Waals surface area contributed by atoms with E-state index in [-0.39, 0.29) is 0 Å². The maximum absolute atomic E-state index is 2.45. The van der Waals surface area contributed by atoms with E-state index >= 15 is 0 Å². The fourth-order valence-electron chi connectivity index (χ4n) is 9.63. The Hall–Kier alpha value is -8.20. The van der Waals surface area contributed by atoms with Crippen LogP contribution in [0, 0.1) is 0 Å². The number of benzene rings is 11. The fraction of sp³-hybridized carbons (Fsp3) is 0. The Morgan fingerprint density at radius 3 is 1.60 bits per heavy atom. The lowest BCUT2D eigenvalue weighted by Gasteiger charge is -2.27. The van der Waals surface area contributed by atoms with Gasteiger partial charge >= 0.3 is 0 Å². The summed E-state index contributed by atoms with van der Waals surface area (Å²) in [5.74, 6) is 0. The zero-order valence-electron chi connectivity index (χ0n) is 34.0. The molecule has 1 heterocycles. The molecule has 0 spiro atoms. The first kappa shape index (κ1) is 35.7. The molecule has 0 saturated heterocycles. The molecule has 0 aliphatic rings. The molecule has 12 aromatic rings. The minimum Gasteiger partial charge on any atom is -0.310 e. The summed E-state index contributed by atoms with van der Waals surface area (Å²) in [7, 11) is 0. The predicted octanol–water partition coefficient (Wildman–Crippen LogP) is 16.7. The third-order valence-electron chi connectivity index (χ3n) is 12.5. The summed E-state index contributed by atoms with van der Waals surface area (Å²) in [6.07, 6.45) is 0. The second-order valence-corrected chi connectivity index (χ2v) is 16.1. The molecule has 0 fully saturated rings. The average molecular weight is 789 g/mol. The first-order valence-electron chi connectivity index (χ1n) is 21.3. The average Bonchev–Trinajstić information content (AvgIpc) is 3.70. The van der Waals surface area contributed by atoms with Gasteiger partial charge in [-0.3, -0.25) is 0 Å². The Bertz CT molecular complexity index is 3640. The lowest BCUT2D eigenvalue weighted by Crippen LogP contribution is -2.10. The number of anilines is 3. The molecule has 1 aromatic heterocycles. The largest absolute Gasteiger partial charge is 0.310 e. The lowest BCUT2D eigenvalue weighted by atomic mass is 9.93. The monoisotopic (exact) mass is 788 g/mol. The van der Waals surface area contributed by atoms with Crippen LogP contribution in [-0.4, -0.2) is 4.57 Å². The summed E-state index contributed by atoms with van der Waals surface area (Å²) in [6.45, 7) is 0.